The van der Waals surface area contributed by atoms with E-state index in [9.17, 15) is 43.8 Å². The summed E-state index contributed by atoms with van der Waals surface area (Å²) in [6, 6.07) is -0.526. The minimum absolute atomic E-state index is 0.0754. The molecule has 39 heavy (non-hydrogen) atoms. The molecule has 1 aromatic rings. The predicted octanol–water partition coefficient (Wildman–Crippen LogP) is -2.59. The first-order chi connectivity index (χ1) is 18.2. The monoisotopic (exact) mass is 553 g/mol. The number of benzene rings is 1. The van der Waals surface area contributed by atoms with Gasteiger partial charge < -0.3 is 47.8 Å². The van der Waals surface area contributed by atoms with Crippen LogP contribution in [0.15, 0.2) is 24.3 Å². The van der Waals surface area contributed by atoms with E-state index in [1.54, 1.807) is 0 Å². The summed E-state index contributed by atoms with van der Waals surface area (Å²) >= 11 is 0. The molecule has 4 amide bonds. The van der Waals surface area contributed by atoms with Gasteiger partial charge in [-0.25, -0.2) is 4.79 Å². The molecule has 0 aliphatic carbocycles. The van der Waals surface area contributed by atoms with Crippen molar-refractivity contribution in [2.75, 3.05) is 0 Å². The van der Waals surface area contributed by atoms with Crippen LogP contribution in [0.3, 0.4) is 0 Å². The summed E-state index contributed by atoms with van der Waals surface area (Å²) in [5.41, 5.74) is 11.1. The number of rotatable bonds is 17. The van der Waals surface area contributed by atoms with Gasteiger partial charge in [-0.3, -0.25) is 28.8 Å². The number of primary amides is 1. The number of amides is 4. The number of hydrogen-bond acceptors (Lipinski definition) is 9. The van der Waals surface area contributed by atoms with Gasteiger partial charge in [-0.15, -0.1) is 0 Å². The lowest BCUT2D eigenvalue weighted by Gasteiger charge is -2.25. The standard InChI is InChI=1S/C23H31N5O11/c24-13(10-17(25)30)20(35)28-16(9-11-1-3-12(29)4-2-11)22(37)26-14(5-7-18(31)32)21(36)27-15(23(38)39)6-8-19(33)34/h1-4,13-16,29H,5-10,24H2,(H2,25,30)(H,26,37)(H,27,36)(H,28,35)(H,31,32)(H,33,34)(H,38,39). The Balaban J connectivity index is 3.17. The molecule has 0 radical (unpaired) electrons. The summed E-state index contributed by atoms with van der Waals surface area (Å²) in [7, 11) is 0. The van der Waals surface area contributed by atoms with Crippen molar-refractivity contribution >= 4 is 41.5 Å². The first-order valence-electron chi connectivity index (χ1n) is 11.6. The van der Waals surface area contributed by atoms with Crippen LogP contribution >= 0.6 is 0 Å². The van der Waals surface area contributed by atoms with Crippen LogP contribution in [0.2, 0.25) is 0 Å². The van der Waals surface area contributed by atoms with Crippen molar-refractivity contribution in [1.82, 2.24) is 16.0 Å². The second-order valence-corrected chi connectivity index (χ2v) is 8.53. The average Bonchev–Trinajstić information content (AvgIpc) is 2.83. The normalized spacial score (nSPS) is 13.7. The molecule has 0 saturated heterocycles. The van der Waals surface area contributed by atoms with Gasteiger partial charge in [0.1, 0.15) is 23.9 Å². The van der Waals surface area contributed by atoms with Gasteiger partial charge >= 0.3 is 17.9 Å². The van der Waals surface area contributed by atoms with E-state index in [2.05, 4.69) is 16.0 Å². The van der Waals surface area contributed by atoms with Crippen LogP contribution in [0, 0.1) is 0 Å². The summed E-state index contributed by atoms with van der Waals surface area (Å²) < 4.78 is 0. The molecule has 11 N–H and O–H groups in total. The Labute approximate surface area is 221 Å². The zero-order valence-corrected chi connectivity index (χ0v) is 20.7. The van der Waals surface area contributed by atoms with Gasteiger partial charge in [0.25, 0.3) is 0 Å². The number of hydrogen-bond donors (Lipinski definition) is 9. The Kier molecular flexibility index (Phi) is 12.8. The third-order valence-corrected chi connectivity index (χ3v) is 5.31. The number of carboxylic acid groups (broad SMARTS) is 3. The smallest absolute Gasteiger partial charge is 0.326 e. The Bertz CT molecular complexity index is 1080. The van der Waals surface area contributed by atoms with E-state index >= 15 is 0 Å². The fourth-order valence-electron chi connectivity index (χ4n) is 3.27. The van der Waals surface area contributed by atoms with Crippen molar-refractivity contribution in [3.63, 3.8) is 0 Å². The SMILES string of the molecule is NC(=O)CC(N)C(=O)NC(Cc1ccc(O)cc1)C(=O)NC(CCC(=O)O)C(=O)NC(CCC(=O)O)C(=O)O. The van der Waals surface area contributed by atoms with Crippen molar-refractivity contribution in [3.05, 3.63) is 29.8 Å². The van der Waals surface area contributed by atoms with Crippen molar-refractivity contribution in [3.8, 4) is 5.75 Å². The van der Waals surface area contributed by atoms with Gasteiger partial charge in [0.05, 0.1) is 12.5 Å². The quantitative estimate of drug-likeness (QED) is 0.0960. The molecular weight excluding hydrogens is 522 g/mol. The first-order valence-corrected chi connectivity index (χ1v) is 11.6. The Morgan fingerprint density at radius 2 is 1.18 bits per heavy atom. The molecule has 0 bridgehead atoms. The van der Waals surface area contributed by atoms with Gasteiger partial charge in [0.2, 0.25) is 23.6 Å². The van der Waals surface area contributed by atoms with Crippen LogP contribution in [-0.2, 0) is 40.0 Å². The molecule has 0 spiro atoms. The Morgan fingerprint density at radius 1 is 0.718 bits per heavy atom. The third kappa shape index (κ3) is 12.4. The highest BCUT2D eigenvalue weighted by molar-refractivity contribution is 5.95. The topological polar surface area (TPSA) is 289 Å². The van der Waals surface area contributed by atoms with Crippen molar-refractivity contribution in [2.45, 2.75) is 62.7 Å². The fourth-order valence-corrected chi connectivity index (χ4v) is 3.27. The van der Waals surface area contributed by atoms with Gasteiger partial charge in [-0.1, -0.05) is 12.1 Å². The van der Waals surface area contributed by atoms with Crippen molar-refractivity contribution < 1.29 is 54.0 Å². The molecule has 0 saturated carbocycles. The minimum Gasteiger partial charge on any atom is -0.508 e. The lowest BCUT2D eigenvalue weighted by atomic mass is 10.0. The molecule has 0 heterocycles. The maximum Gasteiger partial charge on any atom is 0.326 e. The van der Waals surface area contributed by atoms with E-state index in [4.69, 9.17) is 21.7 Å². The van der Waals surface area contributed by atoms with E-state index < -0.39 is 97.8 Å². The van der Waals surface area contributed by atoms with Crippen LogP contribution < -0.4 is 27.4 Å². The summed E-state index contributed by atoms with van der Waals surface area (Å²) in [4.78, 5) is 82.9. The number of aromatic hydroxyl groups is 1. The van der Waals surface area contributed by atoms with Gasteiger partial charge in [0, 0.05) is 19.3 Å². The average molecular weight is 554 g/mol. The number of carboxylic acids is 3. The lowest BCUT2D eigenvalue weighted by Crippen LogP contribution is -2.57. The van der Waals surface area contributed by atoms with E-state index in [0.29, 0.717) is 5.56 Å². The van der Waals surface area contributed by atoms with Crippen molar-refractivity contribution in [2.24, 2.45) is 11.5 Å². The number of phenolic OH excluding ortho intramolecular Hbond substituents is 1. The Hall–Kier alpha value is -4.73. The molecule has 1 aromatic carbocycles. The fraction of sp³-hybridized carbons (Fsp3) is 0.435. The molecule has 0 aromatic heterocycles. The molecule has 0 aliphatic rings. The maximum absolute atomic E-state index is 13.2. The second-order valence-electron chi connectivity index (χ2n) is 8.53. The van der Waals surface area contributed by atoms with Crippen LogP contribution in [0.25, 0.3) is 0 Å². The zero-order chi connectivity index (χ0) is 29.7. The molecule has 4 unspecified atom stereocenters. The van der Waals surface area contributed by atoms with Crippen LogP contribution in [0.1, 0.15) is 37.7 Å². The molecule has 16 nitrogen and oxygen atoms in total. The number of carbonyl (C=O) groups excluding carboxylic acids is 4. The third-order valence-electron chi connectivity index (χ3n) is 5.31. The van der Waals surface area contributed by atoms with Crippen LogP contribution in [0.4, 0.5) is 0 Å². The minimum atomic E-state index is -1.64. The highest BCUT2D eigenvalue weighted by Crippen LogP contribution is 2.12. The summed E-state index contributed by atoms with van der Waals surface area (Å²) in [5, 5.41) is 43.3. The molecular formula is C23H31N5O11. The molecule has 214 valence electrons. The highest BCUT2D eigenvalue weighted by atomic mass is 16.4. The van der Waals surface area contributed by atoms with Gasteiger partial charge in [-0.05, 0) is 30.5 Å². The number of phenols is 1. The van der Waals surface area contributed by atoms with Crippen LogP contribution in [0.5, 0.6) is 5.75 Å². The van der Waals surface area contributed by atoms with Gasteiger partial charge in [0.15, 0.2) is 0 Å². The summed E-state index contributed by atoms with van der Waals surface area (Å²) in [6.45, 7) is 0. The molecule has 0 aliphatic heterocycles. The summed E-state index contributed by atoms with van der Waals surface area (Å²) in [6.07, 6.45) is -2.87. The number of carbonyl (C=O) groups is 7. The van der Waals surface area contributed by atoms with E-state index in [0.717, 1.165) is 0 Å². The number of nitrogens with two attached hydrogens (primary N) is 2. The highest BCUT2D eigenvalue weighted by Gasteiger charge is 2.31. The molecule has 0 fully saturated rings. The van der Waals surface area contributed by atoms with E-state index in [1.165, 1.54) is 24.3 Å². The Morgan fingerprint density at radius 3 is 1.67 bits per heavy atom. The predicted molar refractivity (Wildman–Crippen MR) is 131 cm³/mol. The summed E-state index contributed by atoms with van der Waals surface area (Å²) in [5.74, 6) is -8.14. The van der Waals surface area contributed by atoms with Gasteiger partial charge in [-0.2, -0.15) is 0 Å². The number of aliphatic carboxylic acids is 3. The molecule has 16 heteroatoms. The zero-order valence-electron chi connectivity index (χ0n) is 20.7. The number of nitrogens with one attached hydrogen (secondary N) is 3. The molecule has 4 atom stereocenters. The first kappa shape index (κ1) is 32.3. The van der Waals surface area contributed by atoms with E-state index in [1.807, 2.05) is 0 Å². The van der Waals surface area contributed by atoms with E-state index in [-0.39, 0.29) is 12.2 Å². The maximum atomic E-state index is 13.2. The molecule has 1 rings (SSSR count). The lowest BCUT2D eigenvalue weighted by molar-refractivity contribution is -0.144. The second kappa shape index (κ2) is 15.5. The van der Waals surface area contributed by atoms with Crippen molar-refractivity contribution in [1.29, 1.82) is 0 Å². The largest absolute Gasteiger partial charge is 0.508 e. The van der Waals surface area contributed by atoms with Crippen LogP contribution in [-0.4, -0.2) is 86.1 Å².